The maximum absolute atomic E-state index is 11.7. The summed E-state index contributed by atoms with van der Waals surface area (Å²) < 4.78 is 26.3. The van der Waals surface area contributed by atoms with E-state index in [-0.39, 0.29) is 18.4 Å². The van der Waals surface area contributed by atoms with Crippen molar-refractivity contribution in [3.8, 4) is 0 Å². The molecular weight excluding hydrogens is 284 g/mol. The Labute approximate surface area is 116 Å². The summed E-state index contributed by atoms with van der Waals surface area (Å²) in [5, 5.41) is 2.28. The third kappa shape index (κ3) is 3.84. The minimum absolute atomic E-state index is 0.144. The lowest BCUT2D eigenvalue weighted by atomic mass is 9.91. The SMILES string of the molecule is CS(=O)(=O)OCc1ccc(C2CCC(=O)NC2=O)cn1. The Hall–Kier alpha value is -1.80. The second-order valence-corrected chi connectivity index (χ2v) is 6.20. The standard InChI is InChI=1S/C12H14N2O5S/c1-20(17,18)19-7-9-3-2-8(6-13-9)10-4-5-11(15)14-12(10)16/h2-3,6,10H,4-5,7H2,1H3,(H,14,15,16). The Morgan fingerprint density at radius 3 is 2.70 bits per heavy atom. The van der Waals surface area contributed by atoms with Gasteiger partial charge in [0.15, 0.2) is 0 Å². The fourth-order valence-corrected chi connectivity index (χ4v) is 2.24. The average Bonchev–Trinajstić information content (AvgIpc) is 2.36. The summed E-state index contributed by atoms with van der Waals surface area (Å²) in [6, 6.07) is 3.29. The van der Waals surface area contributed by atoms with E-state index in [9.17, 15) is 18.0 Å². The average molecular weight is 298 g/mol. The molecule has 1 aromatic heterocycles. The van der Waals surface area contributed by atoms with Crippen molar-refractivity contribution in [2.75, 3.05) is 6.26 Å². The van der Waals surface area contributed by atoms with Crippen molar-refractivity contribution < 1.29 is 22.2 Å². The molecule has 1 saturated heterocycles. The third-order valence-corrected chi connectivity index (χ3v) is 3.46. The van der Waals surface area contributed by atoms with Gasteiger partial charge in [-0.25, -0.2) is 0 Å². The van der Waals surface area contributed by atoms with Gasteiger partial charge in [-0.15, -0.1) is 0 Å². The van der Waals surface area contributed by atoms with E-state index in [0.29, 0.717) is 24.1 Å². The predicted molar refractivity (Wildman–Crippen MR) is 69.0 cm³/mol. The minimum Gasteiger partial charge on any atom is -0.296 e. The number of aromatic nitrogens is 1. The van der Waals surface area contributed by atoms with Crippen LogP contribution in [0.15, 0.2) is 18.3 Å². The second kappa shape index (κ2) is 5.68. The molecule has 2 amide bonds. The van der Waals surface area contributed by atoms with Gasteiger partial charge in [-0.1, -0.05) is 6.07 Å². The summed E-state index contributed by atoms with van der Waals surface area (Å²) in [6.07, 6.45) is 3.21. The molecule has 0 bridgehead atoms. The van der Waals surface area contributed by atoms with E-state index in [2.05, 4.69) is 14.5 Å². The quantitative estimate of drug-likeness (QED) is 0.623. The van der Waals surface area contributed by atoms with Gasteiger partial charge in [-0.05, 0) is 18.1 Å². The first kappa shape index (κ1) is 14.6. The summed E-state index contributed by atoms with van der Waals surface area (Å²) >= 11 is 0. The van der Waals surface area contributed by atoms with E-state index >= 15 is 0 Å². The topological polar surface area (TPSA) is 102 Å². The van der Waals surface area contributed by atoms with Gasteiger partial charge in [0.1, 0.15) is 6.61 Å². The first-order valence-corrected chi connectivity index (χ1v) is 7.80. The fraction of sp³-hybridized carbons (Fsp3) is 0.417. The summed E-state index contributed by atoms with van der Waals surface area (Å²) in [5.41, 5.74) is 1.14. The van der Waals surface area contributed by atoms with Gasteiger partial charge in [0.2, 0.25) is 11.8 Å². The van der Waals surface area contributed by atoms with Gasteiger partial charge in [0.25, 0.3) is 10.1 Å². The van der Waals surface area contributed by atoms with Crippen molar-refractivity contribution in [3.05, 3.63) is 29.6 Å². The zero-order chi connectivity index (χ0) is 14.8. The molecule has 1 aliphatic heterocycles. The first-order valence-electron chi connectivity index (χ1n) is 5.98. The van der Waals surface area contributed by atoms with Crippen LogP contribution in [0.1, 0.15) is 30.0 Å². The van der Waals surface area contributed by atoms with Crippen LogP contribution in [-0.2, 0) is 30.5 Å². The zero-order valence-electron chi connectivity index (χ0n) is 10.8. The number of hydrogen-bond donors (Lipinski definition) is 1. The molecule has 2 heterocycles. The molecular formula is C12H14N2O5S. The molecule has 1 unspecified atom stereocenters. The molecule has 20 heavy (non-hydrogen) atoms. The van der Waals surface area contributed by atoms with Gasteiger partial charge in [-0.2, -0.15) is 8.42 Å². The maximum Gasteiger partial charge on any atom is 0.264 e. The number of rotatable bonds is 4. The number of nitrogens with zero attached hydrogens (tertiary/aromatic N) is 1. The molecule has 1 fully saturated rings. The van der Waals surface area contributed by atoms with E-state index in [1.165, 1.54) is 6.20 Å². The van der Waals surface area contributed by atoms with Crippen LogP contribution < -0.4 is 5.32 Å². The van der Waals surface area contributed by atoms with E-state index in [1.54, 1.807) is 12.1 Å². The third-order valence-electron chi connectivity index (χ3n) is 2.91. The molecule has 0 aliphatic carbocycles. The molecule has 1 atom stereocenters. The van der Waals surface area contributed by atoms with Crippen LogP contribution in [-0.4, -0.2) is 31.5 Å². The van der Waals surface area contributed by atoms with Gasteiger partial charge in [0, 0.05) is 12.6 Å². The number of hydrogen-bond acceptors (Lipinski definition) is 6. The number of imide groups is 1. The Morgan fingerprint density at radius 2 is 2.15 bits per heavy atom. The number of carbonyl (C=O) groups is 2. The largest absolute Gasteiger partial charge is 0.296 e. The Bertz CT molecular complexity index is 624. The number of pyridine rings is 1. The van der Waals surface area contributed by atoms with Gasteiger partial charge in [-0.3, -0.25) is 24.1 Å². The molecule has 2 rings (SSSR count). The van der Waals surface area contributed by atoms with Crippen LogP contribution in [0.2, 0.25) is 0 Å². The second-order valence-electron chi connectivity index (χ2n) is 4.55. The number of nitrogens with one attached hydrogen (secondary N) is 1. The molecule has 0 radical (unpaired) electrons. The van der Waals surface area contributed by atoms with Gasteiger partial charge in [0.05, 0.1) is 17.9 Å². The van der Waals surface area contributed by atoms with Crippen LogP contribution in [0.25, 0.3) is 0 Å². The number of carbonyl (C=O) groups excluding carboxylic acids is 2. The van der Waals surface area contributed by atoms with E-state index < -0.39 is 16.0 Å². The summed E-state index contributed by atoms with van der Waals surface area (Å²) in [7, 11) is -3.51. The van der Waals surface area contributed by atoms with E-state index in [0.717, 1.165) is 6.26 Å². The molecule has 108 valence electrons. The fourth-order valence-electron chi connectivity index (χ4n) is 1.91. The minimum atomic E-state index is -3.51. The van der Waals surface area contributed by atoms with Crippen molar-refractivity contribution in [2.24, 2.45) is 0 Å². The Kier molecular flexibility index (Phi) is 4.15. The van der Waals surface area contributed by atoms with Gasteiger partial charge < -0.3 is 0 Å². The lowest BCUT2D eigenvalue weighted by Gasteiger charge is -2.20. The summed E-state index contributed by atoms with van der Waals surface area (Å²) in [6.45, 7) is -0.144. The highest BCUT2D eigenvalue weighted by molar-refractivity contribution is 7.85. The predicted octanol–water partition coefficient (Wildman–Crippen LogP) is 0.0780. The van der Waals surface area contributed by atoms with Crippen molar-refractivity contribution in [1.29, 1.82) is 0 Å². The lowest BCUT2D eigenvalue weighted by molar-refractivity contribution is -0.134. The van der Waals surface area contributed by atoms with Crippen molar-refractivity contribution >= 4 is 21.9 Å². The van der Waals surface area contributed by atoms with Crippen molar-refractivity contribution in [1.82, 2.24) is 10.3 Å². The molecule has 1 aromatic rings. The smallest absolute Gasteiger partial charge is 0.264 e. The van der Waals surface area contributed by atoms with Crippen molar-refractivity contribution in [2.45, 2.75) is 25.4 Å². The highest BCUT2D eigenvalue weighted by atomic mass is 32.2. The highest BCUT2D eigenvalue weighted by Crippen LogP contribution is 2.24. The Balaban J connectivity index is 2.04. The van der Waals surface area contributed by atoms with Crippen LogP contribution >= 0.6 is 0 Å². The van der Waals surface area contributed by atoms with Crippen LogP contribution in [0.5, 0.6) is 0 Å². The summed E-state index contributed by atoms with van der Waals surface area (Å²) in [5.74, 6) is -0.995. The molecule has 1 aliphatic rings. The van der Waals surface area contributed by atoms with Crippen LogP contribution in [0.4, 0.5) is 0 Å². The molecule has 7 nitrogen and oxygen atoms in total. The van der Waals surface area contributed by atoms with Gasteiger partial charge >= 0.3 is 0 Å². The zero-order valence-corrected chi connectivity index (χ0v) is 11.6. The van der Waals surface area contributed by atoms with E-state index in [4.69, 9.17) is 0 Å². The normalized spacial score (nSPS) is 19.8. The van der Waals surface area contributed by atoms with Crippen LogP contribution in [0.3, 0.4) is 0 Å². The number of amides is 2. The molecule has 0 saturated carbocycles. The monoisotopic (exact) mass is 298 g/mol. The molecule has 0 spiro atoms. The molecule has 8 heteroatoms. The Morgan fingerprint density at radius 1 is 1.40 bits per heavy atom. The highest BCUT2D eigenvalue weighted by Gasteiger charge is 2.27. The van der Waals surface area contributed by atoms with E-state index in [1.807, 2.05) is 0 Å². The summed E-state index contributed by atoms with van der Waals surface area (Å²) in [4.78, 5) is 26.8. The molecule has 0 aromatic carbocycles. The van der Waals surface area contributed by atoms with Crippen molar-refractivity contribution in [3.63, 3.8) is 0 Å². The molecule has 1 N–H and O–H groups in total. The first-order chi connectivity index (χ1) is 9.35. The maximum atomic E-state index is 11.7. The van der Waals surface area contributed by atoms with Crippen LogP contribution in [0, 0.1) is 0 Å². The number of piperidine rings is 1. The lowest BCUT2D eigenvalue weighted by Crippen LogP contribution is -2.39.